The van der Waals surface area contributed by atoms with Gasteiger partial charge in [-0.25, -0.2) is 15.4 Å². The minimum absolute atomic E-state index is 0.0876. The van der Waals surface area contributed by atoms with Crippen LogP contribution in [0.2, 0.25) is 0 Å². The van der Waals surface area contributed by atoms with E-state index in [1.807, 2.05) is 55.5 Å². The number of hydrazone groups is 1. The van der Waals surface area contributed by atoms with Gasteiger partial charge in [-0.05, 0) is 43.3 Å². The Morgan fingerprint density at radius 3 is 2.56 bits per heavy atom. The summed E-state index contributed by atoms with van der Waals surface area (Å²) in [6.45, 7) is 7.44. The van der Waals surface area contributed by atoms with Crippen molar-refractivity contribution in [2.75, 3.05) is 0 Å². The van der Waals surface area contributed by atoms with Crippen molar-refractivity contribution in [3.8, 4) is 0 Å². The quantitative estimate of drug-likeness (QED) is 0.627. The Balaban J connectivity index is 1.97. The van der Waals surface area contributed by atoms with Crippen LogP contribution in [0.5, 0.6) is 0 Å². The number of benzene rings is 2. The van der Waals surface area contributed by atoms with E-state index in [0.29, 0.717) is 5.90 Å². The fraction of sp³-hybridized carbons (Fsp3) is 0.143. The van der Waals surface area contributed by atoms with Gasteiger partial charge in [0.25, 0.3) is 0 Å². The number of nitrogens with one attached hydrogen (secondary N) is 2. The summed E-state index contributed by atoms with van der Waals surface area (Å²) in [4.78, 5) is 8.33. The SMILES string of the molecule is C=NC(=N)C(N=C(C)c1ccccc1CC)=C1NN=C(c2ccccc2)O1. The van der Waals surface area contributed by atoms with Gasteiger partial charge in [-0.1, -0.05) is 49.4 Å². The third-order valence-corrected chi connectivity index (χ3v) is 4.14. The third-order valence-electron chi connectivity index (χ3n) is 4.14. The normalized spacial score (nSPS) is 15.5. The zero-order chi connectivity index (χ0) is 19.2. The van der Waals surface area contributed by atoms with E-state index in [0.717, 1.165) is 23.3 Å². The molecule has 0 atom stereocenters. The molecule has 1 aliphatic heterocycles. The summed E-state index contributed by atoms with van der Waals surface area (Å²) < 4.78 is 5.81. The first kappa shape index (κ1) is 18.3. The first-order valence-electron chi connectivity index (χ1n) is 8.64. The first-order valence-corrected chi connectivity index (χ1v) is 8.64. The van der Waals surface area contributed by atoms with Crippen LogP contribution in [0.1, 0.15) is 30.5 Å². The Hall–Kier alpha value is -3.54. The topological polar surface area (TPSA) is 82.2 Å². The molecular formula is C21H21N5O. The van der Waals surface area contributed by atoms with Gasteiger partial charge in [-0.3, -0.25) is 5.41 Å². The molecule has 0 unspecified atom stereocenters. The van der Waals surface area contributed by atoms with Crippen LogP contribution in [0.15, 0.2) is 81.3 Å². The van der Waals surface area contributed by atoms with Gasteiger partial charge < -0.3 is 4.74 Å². The maximum atomic E-state index is 8.12. The molecule has 1 heterocycles. The Morgan fingerprint density at radius 2 is 1.85 bits per heavy atom. The van der Waals surface area contributed by atoms with Gasteiger partial charge >= 0.3 is 0 Å². The number of amidine groups is 1. The molecule has 6 nitrogen and oxygen atoms in total. The Kier molecular flexibility index (Phi) is 5.56. The van der Waals surface area contributed by atoms with E-state index >= 15 is 0 Å². The Bertz CT molecular complexity index is 958. The maximum absolute atomic E-state index is 8.12. The molecule has 27 heavy (non-hydrogen) atoms. The molecule has 2 N–H and O–H groups in total. The minimum Gasteiger partial charge on any atom is -0.417 e. The van der Waals surface area contributed by atoms with Crippen molar-refractivity contribution in [3.05, 3.63) is 82.9 Å². The number of nitrogens with zero attached hydrogens (tertiary/aromatic N) is 3. The highest BCUT2D eigenvalue weighted by Gasteiger charge is 2.22. The van der Waals surface area contributed by atoms with Crippen LogP contribution in [0.4, 0.5) is 0 Å². The number of aryl methyl sites for hydroxylation is 1. The zero-order valence-electron chi connectivity index (χ0n) is 15.4. The van der Waals surface area contributed by atoms with E-state index < -0.39 is 0 Å². The molecule has 0 aliphatic carbocycles. The van der Waals surface area contributed by atoms with E-state index in [2.05, 4.69) is 40.2 Å². The molecule has 2 aromatic carbocycles. The van der Waals surface area contributed by atoms with E-state index in [1.165, 1.54) is 5.56 Å². The summed E-state index contributed by atoms with van der Waals surface area (Å²) >= 11 is 0. The highest BCUT2D eigenvalue weighted by molar-refractivity contribution is 6.06. The third kappa shape index (κ3) is 4.00. The van der Waals surface area contributed by atoms with Crippen LogP contribution in [0.3, 0.4) is 0 Å². The predicted octanol–water partition coefficient (Wildman–Crippen LogP) is 3.89. The standard InChI is InChI=1S/C21H21N5O/c1-4-15-10-8-9-13-17(15)14(2)24-18(19(22)23-3)21-26-25-20(27-21)16-11-6-5-7-12-16/h5-13,22,26H,3-4H2,1-2H3. The van der Waals surface area contributed by atoms with Gasteiger partial charge in [-0.2, -0.15) is 0 Å². The fourth-order valence-electron chi connectivity index (χ4n) is 2.75. The van der Waals surface area contributed by atoms with E-state index in [-0.39, 0.29) is 17.4 Å². The maximum Gasteiger partial charge on any atom is 0.245 e. The molecule has 6 heteroatoms. The Labute approximate surface area is 158 Å². The van der Waals surface area contributed by atoms with E-state index in [9.17, 15) is 0 Å². The van der Waals surface area contributed by atoms with Gasteiger partial charge in [0.05, 0.1) is 0 Å². The second-order valence-corrected chi connectivity index (χ2v) is 5.89. The van der Waals surface area contributed by atoms with Gasteiger partial charge in [0.1, 0.15) is 0 Å². The summed E-state index contributed by atoms with van der Waals surface area (Å²) in [7, 11) is 0. The second-order valence-electron chi connectivity index (χ2n) is 5.89. The molecule has 0 fully saturated rings. The number of hydrogen-bond donors (Lipinski definition) is 2. The number of ether oxygens (including phenoxy) is 1. The smallest absolute Gasteiger partial charge is 0.245 e. The van der Waals surface area contributed by atoms with Crippen LogP contribution < -0.4 is 5.43 Å². The zero-order valence-corrected chi connectivity index (χ0v) is 15.4. The average Bonchev–Trinajstić information content (AvgIpc) is 3.21. The second kappa shape index (κ2) is 8.23. The molecule has 2 aromatic rings. The number of hydrogen-bond acceptors (Lipinski definition) is 5. The minimum atomic E-state index is -0.0876. The van der Waals surface area contributed by atoms with Crippen LogP contribution in [0, 0.1) is 5.41 Å². The van der Waals surface area contributed by atoms with E-state index in [1.54, 1.807) is 0 Å². The number of aliphatic imine (C=N–C) groups is 2. The van der Waals surface area contributed by atoms with Crippen molar-refractivity contribution in [2.45, 2.75) is 20.3 Å². The predicted molar refractivity (Wildman–Crippen MR) is 110 cm³/mol. The lowest BCUT2D eigenvalue weighted by atomic mass is 10.0. The lowest BCUT2D eigenvalue weighted by Gasteiger charge is -2.10. The highest BCUT2D eigenvalue weighted by atomic mass is 16.5. The molecule has 0 bridgehead atoms. The highest BCUT2D eigenvalue weighted by Crippen LogP contribution is 2.19. The first-order chi connectivity index (χ1) is 13.1. The van der Waals surface area contributed by atoms with Crippen molar-refractivity contribution >= 4 is 24.2 Å². The lowest BCUT2D eigenvalue weighted by Crippen LogP contribution is -2.12. The van der Waals surface area contributed by atoms with Crippen LogP contribution in [-0.4, -0.2) is 24.2 Å². The van der Waals surface area contributed by atoms with Crippen molar-refractivity contribution in [1.82, 2.24) is 5.43 Å². The summed E-state index contributed by atoms with van der Waals surface area (Å²) in [6, 6.07) is 17.6. The van der Waals surface area contributed by atoms with Crippen molar-refractivity contribution in [3.63, 3.8) is 0 Å². The van der Waals surface area contributed by atoms with Gasteiger partial charge in [-0.15, -0.1) is 5.10 Å². The Morgan fingerprint density at radius 1 is 1.15 bits per heavy atom. The van der Waals surface area contributed by atoms with Gasteiger partial charge in [0.2, 0.25) is 11.8 Å². The molecule has 0 amide bonds. The average molecular weight is 359 g/mol. The molecule has 0 saturated carbocycles. The summed E-state index contributed by atoms with van der Waals surface area (Å²) in [5.41, 5.74) is 6.87. The molecule has 0 radical (unpaired) electrons. The van der Waals surface area contributed by atoms with Crippen molar-refractivity contribution in [2.24, 2.45) is 15.1 Å². The summed E-state index contributed by atoms with van der Waals surface area (Å²) in [5, 5.41) is 12.3. The molecule has 136 valence electrons. The largest absolute Gasteiger partial charge is 0.417 e. The molecule has 0 aromatic heterocycles. The molecular weight excluding hydrogens is 338 g/mol. The molecule has 0 saturated heterocycles. The molecule has 0 spiro atoms. The van der Waals surface area contributed by atoms with Crippen molar-refractivity contribution in [1.29, 1.82) is 5.41 Å². The number of rotatable bonds is 5. The molecule has 3 rings (SSSR count). The van der Waals surface area contributed by atoms with E-state index in [4.69, 9.17) is 10.1 Å². The monoisotopic (exact) mass is 359 g/mol. The van der Waals surface area contributed by atoms with Crippen molar-refractivity contribution < 1.29 is 4.74 Å². The van der Waals surface area contributed by atoms with Gasteiger partial charge in [0, 0.05) is 11.3 Å². The molecule has 1 aliphatic rings. The van der Waals surface area contributed by atoms with Crippen LogP contribution in [-0.2, 0) is 11.2 Å². The lowest BCUT2D eigenvalue weighted by molar-refractivity contribution is 0.412. The van der Waals surface area contributed by atoms with Gasteiger partial charge in [0.15, 0.2) is 11.5 Å². The summed E-state index contributed by atoms with van der Waals surface area (Å²) in [6.07, 6.45) is 0.891. The van der Waals surface area contributed by atoms with Crippen LogP contribution in [0.25, 0.3) is 0 Å². The summed E-state index contributed by atoms with van der Waals surface area (Å²) in [5.74, 6) is 0.594. The van der Waals surface area contributed by atoms with Crippen LogP contribution >= 0.6 is 0 Å². The fourth-order valence-corrected chi connectivity index (χ4v) is 2.75.